The normalized spacial score (nSPS) is 30.6. The molecule has 0 spiro atoms. The van der Waals surface area contributed by atoms with E-state index >= 15 is 0 Å². The molecule has 1 saturated carbocycles. The van der Waals surface area contributed by atoms with Crippen molar-refractivity contribution in [2.24, 2.45) is 17.1 Å². The van der Waals surface area contributed by atoms with Crippen molar-refractivity contribution in [3.8, 4) is 0 Å². The molecule has 1 aliphatic rings. The van der Waals surface area contributed by atoms with E-state index in [1.165, 1.54) is 44.9 Å². The summed E-state index contributed by atoms with van der Waals surface area (Å²) < 4.78 is 5.21. The van der Waals surface area contributed by atoms with E-state index in [-0.39, 0.29) is 0 Å². The van der Waals surface area contributed by atoms with Crippen LogP contribution >= 0.6 is 0 Å². The van der Waals surface area contributed by atoms with Crippen LogP contribution in [0.4, 0.5) is 0 Å². The van der Waals surface area contributed by atoms with Crippen molar-refractivity contribution in [1.29, 1.82) is 0 Å². The zero-order valence-corrected chi connectivity index (χ0v) is 11.1. The molecule has 0 aromatic heterocycles. The number of hydrogen-bond acceptors (Lipinski definition) is 2. The van der Waals surface area contributed by atoms with E-state index in [2.05, 4.69) is 6.92 Å². The van der Waals surface area contributed by atoms with E-state index in [1.807, 2.05) is 0 Å². The maximum atomic E-state index is 5.97. The average molecular weight is 227 g/mol. The summed E-state index contributed by atoms with van der Waals surface area (Å²) in [5.41, 5.74) is 6.37. The van der Waals surface area contributed by atoms with Crippen LogP contribution in [-0.2, 0) is 4.74 Å². The molecule has 0 bridgehead atoms. The highest BCUT2D eigenvalue weighted by atomic mass is 16.5. The van der Waals surface area contributed by atoms with Gasteiger partial charge in [0, 0.05) is 13.7 Å². The first kappa shape index (κ1) is 14.0. The number of hydrogen-bond donors (Lipinski definition) is 1. The fourth-order valence-corrected chi connectivity index (χ4v) is 2.95. The van der Waals surface area contributed by atoms with Crippen LogP contribution in [0.3, 0.4) is 0 Å². The molecule has 0 amide bonds. The lowest BCUT2D eigenvalue weighted by Crippen LogP contribution is -2.36. The van der Waals surface area contributed by atoms with Crippen molar-refractivity contribution >= 4 is 0 Å². The average Bonchev–Trinajstić information content (AvgIpc) is 2.35. The van der Waals surface area contributed by atoms with Crippen molar-refractivity contribution in [2.45, 2.75) is 58.3 Å². The molecule has 2 nitrogen and oxygen atoms in total. The summed E-state index contributed by atoms with van der Waals surface area (Å²) in [6.45, 7) is 4.00. The van der Waals surface area contributed by atoms with Crippen LogP contribution in [0, 0.1) is 11.3 Å². The van der Waals surface area contributed by atoms with Gasteiger partial charge in [-0.05, 0) is 50.0 Å². The Bertz CT molecular complexity index is 174. The van der Waals surface area contributed by atoms with Gasteiger partial charge in [0.15, 0.2) is 0 Å². The SMILES string of the molecule is CCCCC1CCC(CN)(CCOC)CC1. The summed E-state index contributed by atoms with van der Waals surface area (Å²) in [5, 5.41) is 0. The van der Waals surface area contributed by atoms with Gasteiger partial charge in [0.1, 0.15) is 0 Å². The highest BCUT2D eigenvalue weighted by Gasteiger charge is 2.33. The molecule has 0 aliphatic heterocycles. The van der Waals surface area contributed by atoms with Gasteiger partial charge in [0.05, 0.1) is 0 Å². The number of unbranched alkanes of at least 4 members (excludes halogenated alkanes) is 1. The Hall–Kier alpha value is -0.0800. The Morgan fingerprint density at radius 3 is 2.50 bits per heavy atom. The Labute approximate surface area is 101 Å². The lowest BCUT2D eigenvalue weighted by Gasteiger charge is -2.39. The van der Waals surface area contributed by atoms with Crippen molar-refractivity contribution in [3.05, 3.63) is 0 Å². The molecule has 0 unspecified atom stereocenters. The second-order valence-corrected chi connectivity index (χ2v) is 5.53. The fourth-order valence-electron chi connectivity index (χ4n) is 2.95. The van der Waals surface area contributed by atoms with E-state index in [4.69, 9.17) is 10.5 Å². The monoisotopic (exact) mass is 227 g/mol. The quantitative estimate of drug-likeness (QED) is 0.724. The van der Waals surface area contributed by atoms with Gasteiger partial charge in [-0.15, -0.1) is 0 Å². The zero-order chi connectivity index (χ0) is 11.9. The van der Waals surface area contributed by atoms with Gasteiger partial charge in [0.25, 0.3) is 0 Å². The summed E-state index contributed by atoms with van der Waals surface area (Å²) in [7, 11) is 1.79. The highest BCUT2D eigenvalue weighted by Crippen LogP contribution is 2.42. The largest absolute Gasteiger partial charge is 0.385 e. The van der Waals surface area contributed by atoms with Crippen molar-refractivity contribution in [3.63, 3.8) is 0 Å². The molecule has 1 rings (SSSR count). The molecule has 96 valence electrons. The molecular formula is C14H29NO. The van der Waals surface area contributed by atoms with E-state index in [0.717, 1.165) is 25.5 Å². The van der Waals surface area contributed by atoms with Crippen LogP contribution in [-0.4, -0.2) is 20.3 Å². The molecule has 0 radical (unpaired) electrons. The standard InChI is InChI=1S/C14H29NO/c1-3-4-5-13-6-8-14(12-15,9-7-13)10-11-16-2/h13H,3-12,15H2,1-2H3. The minimum absolute atomic E-state index is 0.402. The molecule has 0 saturated heterocycles. The predicted octanol–water partition coefficient (Wildman–Crippen LogP) is 3.35. The first-order valence-electron chi connectivity index (χ1n) is 6.95. The van der Waals surface area contributed by atoms with Gasteiger partial charge in [-0.2, -0.15) is 0 Å². The molecule has 0 aromatic rings. The predicted molar refractivity (Wildman–Crippen MR) is 69.5 cm³/mol. The van der Waals surface area contributed by atoms with E-state index in [0.29, 0.717) is 5.41 Å². The molecule has 0 atom stereocenters. The van der Waals surface area contributed by atoms with Crippen LogP contribution in [0.1, 0.15) is 58.3 Å². The Kier molecular flexibility index (Phi) is 6.37. The van der Waals surface area contributed by atoms with Crippen LogP contribution < -0.4 is 5.73 Å². The van der Waals surface area contributed by atoms with Crippen LogP contribution in [0.2, 0.25) is 0 Å². The second kappa shape index (κ2) is 7.29. The second-order valence-electron chi connectivity index (χ2n) is 5.53. The topological polar surface area (TPSA) is 35.2 Å². The van der Waals surface area contributed by atoms with Gasteiger partial charge < -0.3 is 10.5 Å². The van der Waals surface area contributed by atoms with E-state index < -0.39 is 0 Å². The molecule has 16 heavy (non-hydrogen) atoms. The number of rotatable bonds is 7. The Morgan fingerprint density at radius 2 is 2.00 bits per heavy atom. The fraction of sp³-hybridized carbons (Fsp3) is 1.00. The van der Waals surface area contributed by atoms with Gasteiger partial charge in [-0.25, -0.2) is 0 Å². The summed E-state index contributed by atoms with van der Waals surface area (Å²) >= 11 is 0. The lowest BCUT2D eigenvalue weighted by atomic mass is 9.68. The Morgan fingerprint density at radius 1 is 1.31 bits per heavy atom. The molecule has 0 heterocycles. The smallest absolute Gasteiger partial charge is 0.0468 e. The summed E-state index contributed by atoms with van der Waals surface area (Å²) in [5.74, 6) is 0.974. The number of methoxy groups -OCH3 is 1. The van der Waals surface area contributed by atoms with Crippen LogP contribution in [0.15, 0.2) is 0 Å². The third-order valence-electron chi connectivity index (χ3n) is 4.40. The minimum Gasteiger partial charge on any atom is -0.385 e. The highest BCUT2D eigenvalue weighted by molar-refractivity contribution is 4.86. The van der Waals surface area contributed by atoms with Crippen molar-refractivity contribution < 1.29 is 4.74 Å². The van der Waals surface area contributed by atoms with E-state index in [1.54, 1.807) is 7.11 Å². The van der Waals surface area contributed by atoms with Crippen molar-refractivity contribution in [1.82, 2.24) is 0 Å². The maximum Gasteiger partial charge on any atom is 0.0468 e. The first-order chi connectivity index (χ1) is 7.76. The summed E-state index contributed by atoms with van der Waals surface area (Å²) in [4.78, 5) is 0. The molecule has 2 N–H and O–H groups in total. The molecular weight excluding hydrogens is 198 g/mol. The van der Waals surface area contributed by atoms with Crippen molar-refractivity contribution in [2.75, 3.05) is 20.3 Å². The zero-order valence-electron chi connectivity index (χ0n) is 11.1. The lowest BCUT2D eigenvalue weighted by molar-refractivity contribution is 0.0895. The summed E-state index contributed by atoms with van der Waals surface area (Å²) in [6.07, 6.45) is 10.7. The third kappa shape index (κ3) is 4.06. The third-order valence-corrected chi connectivity index (χ3v) is 4.40. The summed E-state index contributed by atoms with van der Waals surface area (Å²) in [6, 6.07) is 0. The number of ether oxygens (including phenoxy) is 1. The van der Waals surface area contributed by atoms with Gasteiger partial charge in [-0.1, -0.05) is 26.2 Å². The molecule has 2 heteroatoms. The van der Waals surface area contributed by atoms with Gasteiger partial charge in [-0.3, -0.25) is 0 Å². The maximum absolute atomic E-state index is 5.97. The first-order valence-corrected chi connectivity index (χ1v) is 6.95. The molecule has 0 aromatic carbocycles. The van der Waals surface area contributed by atoms with E-state index in [9.17, 15) is 0 Å². The van der Waals surface area contributed by atoms with Crippen LogP contribution in [0.25, 0.3) is 0 Å². The Balaban J connectivity index is 2.31. The molecule has 1 fully saturated rings. The number of nitrogens with two attached hydrogens (primary N) is 1. The van der Waals surface area contributed by atoms with Gasteiger partial charge in [0.2, 0.25) is 0 Å². The van der Waals surface area contributed by atoms with Gasteiger partial charge >= 0.3 is 0 Å². The minimum atomic E-state index is 0.402. The molecule has 1 aliphatic carbocycles. The van der Waals surface area contributed by atoms with Crippen LogP contribution in [0.5, 0.6) is 0 Å².